The highest BCUT2D eigenvalue weighted by atomic mass is 79.9. The summed E-state index contributed by atoms with van der Waals surface area (Å²) in [5.41, 5.74) is 0.694. The average Bonchev–Trinajstić information content (AvgIpc) is 2.41. The molecule has 0 atom stereocenters. The topological polar surface area (TPSA) is 38.3 Å². The molecule has 104 valence electrons. The first kappa shape index (κ1) is 14.8. The number of benzene rings is 2. The molecular weight excluding hydrogens is 349 g/mol. The molecule has 0 saturated carbocycles. The van der Waals surface area contributed by atoms with Gasteiger partial charge in [0.05, 0.1) is 23.4 Å². The van der Waals surface area contributed by atoms with Crippen molar-refractivity contribution in [3.63, 3.8) is 0 Å². The molecule has 2 aromatic rings. The summed E-state index contributed by atoms with van der Waals surface area (Å²) in [5.74, 6) is -0.424. The van der Waals surface area contributed by atoms with Gasteiger partial charge in [-0.1, -0.05) is 27.5 Å². The van der Waals surface area contributed by atoms with Crippen molar-refractivity contribution in [1.29, 1.82) is 0 Å². The van der Waals surface area contributed by atoms with E-state index < -0.39 is 5.82 Å². The molecule has 0 unspecified atom stereocenters. The van der Waals surface area contributed by atoms with Gasteiger partial charge < -0.3 is 10.1 Å². The van der Waals surface area contributed by atoms with Crippen LogP contribution >= 0.6 is 27.5 Å². The first-order chi connectivity index (χ1) is 9.51. The molecule has 0 bridgehead atoms. The monoisotopic (exact) mass is 357 g/mol. The van der Waals surface area contributed by atoms with Gasteiger partial charge in [0.2, 0.25) is 0 Å². The van der Waals surface area contributed by atoms with Gasteiger partial charge in [-0.15, -0.1) is 0 Å². The number of halogens is 3. The Kier molecular flexibility index (Phi) is 4.62. The molecule has 0 fully saturated rings. The number of ether oxygens (including phenoxy) is 1. The Morgan fingerprint density at radius 1 is 1.30 bits per heavy atom. The molecule has 0 saturated heterocycles. The van der Waals surface area contributed by atoms with Crippen molar-refractivity contribution < 1.29 is 13.9 Å². The third-order valence-electron chi connectivity index (χ3n) is 2.59. The van der Waals surface area contributed by atoms with Crippen LogP contribution in [0.3, 0.4) is 0 Å². The van der Waals surface area contributed by atoms with Crippen molar-refractivity contribution in [2.24, 2.45) is 0 Å². The van der Waals surface area contributed by atoms with Crippen LogP contribution in [0.4, 0.5) is 10.1 Å². The molecule has 0 aliphatic heterocycles. The summed E-state index contributed by atoms with van der Waals surface area (Å²) in [4.78, 5) is 12.2. The van der Waals surface area contributed by atoms with Crippen LogP contribution in [0.15, 0.2) is 40.9 Å². The van der Waals surface area contributed by atoms with Gasteiger partial charge in [0.1, 0.15) is 11.6 Å². The van der Waals surface area contributed by atoms with Crippen LogP contribution in [0.1, 0.15) is 10.4 Å². The van der Waals surface area contributed by atoms with Crippen LogP contribution in [0.2, 0.25) is 5.02 Å². The summed E-state index contributed by atoms with van der Waals surface area (Å²) in [5, 5.41) is 2.75. The minimum atomic E-state index is -0.464. The van der Waals surface area contributed by atoms with Crippen LogP contribution in [-0.2, 0) is 0 Å². The Bertz CT molecular complexity index is 664. The van der Waals surface area contributed by atoms with Crippen LogP contribution in [0.5, 0.6) is 5.75 Å². The molecule has 1 N–H and O–H groups in total. The summed E-state index contributed by atoms with van der Waals surface area (Å²) in [6, 6.07) is 8.79. The number of carbonyl (C=O) groups is 1. The van der Waals surface area contributed by atoms with Crippen molar-refractivity contribution >= 4 is 39.1 Å². The zero-order chi connectivity index (χ0) is 14.7. The van der Waals surface area contributed by atoms with Crippen molar-refractivity contribution in [2.75, 3.05) is 12.4 Å². The van der Waals surface area contributed by atoms with Gasteiger partial charge in [0, 0.05) is 4.47 Å². The molecule has 2 aromatic carbocycles. The number of methoxy groups -OCH3 is 1. The minimum absolute atomic E-state index is 0.134. The van der Waals surface area contributed by atoms with E-state index in [1.165, 1.54) is 19.2 Å². The molecule has 0 heterocycles. The number of amides is 1. The van der Waals surface area contributed by atoms with Gasteiger partial charge in [-0.25, -0.2) is 4.39 Å². The predicted molar refractivity (Wildman–Crippen MR) is 80.1 cm³/mol. The van der Waals surface area contributed by atoms with E-state index in [4.69, 9.17) is 16.3 Å². The van der Waals surface area contributed by atoms with Crippen LogP contribution in [0.25, 0.3) is 0 Å². The Labute approximate surface area is 128 Å². The number of hydrogen-bond acceptors (Lipinski definition) is 2. The van der Waals surface area contributed by atoms with E-state index in [2.05, 4.69) is 21.2 Å². The lowest BCUT2D eigenvalue weighted by Gasteiger charge is -2.10. The highest BCUT2D eigenvalue weighted by Crippen LogP contribution is 2.27. The van der Waals surface area contributed by atoms with Gasteiger partial charge in [0.15, 0.2) is 0 Å². The van der Waals surface area contributed by atoms with Gasteiger partial charge in [0.25, 0.3) is 5.91 Å². The molecule has 0 radical (unpaired) electrons. The van der Waals surface area contributed by atoms with Crippen molar-refractivity contribution in [3.05, 3.63) is 57.3 Å². The van der Waals surface area contributed by atoms with Crippen LogP contribution in [0, 0.1) is 5.82 Å². The third-order valence-corrected chi connectivity index (χ3v) is 3.39. The number of hydrogen-bond donors (Lipinski definition) is 1. The summed E-state index contributed by atoms with van der Waals surface area (Å²) in [6.45, 7) is 0. The van der Waals surface area contributed by atoms with E-state index in [-0.39, 0.29) is 10.9 Å². The fourth-order valence-corrected chi connectivity index (χ4v) is 2.19. The highest BCUT2D eigenvalue weighted by molar-refractivity contribution is 9.10. The molecule has 0 aliphatic carbocycles. The maximum absolute atomic E-state index is 12.9. The van der Waals surface area contributed by atoms with Crippen molar-refractivity contribution in [1.82, 2.24) is 0 Å². The smallest absolute Gasteiger partial charge is 0.259 e. The number of rotatable bonds is 3. The Balaban J connectivity index is 2.28. The second kappa shape index (κ2) is 6.24. The fourth-order valence-electron chi connectivity index (χ4n) is 1.63. The van der Waals surface area contributed by atoms with Crippen molar-refractivity contribution in [2.45, 2.75) is 0 Å². The second-order valence-corrected chi connectivity index (χ2v) is 5.25. The fraction of sp³-hybridized carbons (Fsp3) is 0.0714. The van der Waals surface area contributed by atoms with Gasteiger partial charge in [-0.2, -0.15) is 0 Å². The zero-order valence-corrected chi connectivity index (χ0v) is 12.8. The molecular formula is C14H10BrClFNO2. The van der Waals surface area contributed by atoms with E-state index in [9.17, 15) is 9.18 Å². The van der Waals surface area contributed by atoms with E-state index in [1.807, 2.05) is 0 Å². The predicted octanol–water partition coefficient (Wildman–Crippen LogP) is 4.50. The Morgan fingerprint density at radius 2 is 2.05 bits per heavy atom. The van der Waals surface area contributed by atoms with E-state index in [1.54, 1.807) is 18.2 Å². The molecule has 1 amide bonds. The maximum Gasteiger partial charge on any atom is 0.259 e. The average molecular weight is 359 g/mol. The first-order valence-electron chi connectivity index (χ1n) is 5.61. The SMILES string of the molecule is COc1cc(Br)ccc1C(=O)Nc1ccc(F)cc1Cl. The van der Waals surface area contributed by atoms with Gasteiger partial charge in [-0.3, -0.25) is 4.79 Å². The quantitative estimate of drug-likeness (QED) is 0.877. The van der Waals surface area contributed by atoms with Crippen LogP contribution < -0.4 is 10.1 Å². The third kappa shape index (κ3) is 3.29. The molecule has 0 aromatic heterocycles. The second-order valence-electron chi connectivity index (χ2n) is 3.92. The molecule has 3 nitrogen and oxygen atoms in total. The normalized spacial score (nSPS) is 10.2. The standard InChI is InChI=1S/C14H10BrClFNO2/c1-20-13-6-8(15)2-4-10(13)14(19)18-12-5-3-9(17)7-11(12)16/h2-7H,1H3,(H,18,19). The summed E-state index contributed by atoms with van der Waals surface area (Å²) < 4.78 is 18.9. The molecule has 6 heteroatoms. The largest absolute Gasteiger partial charge is 0.496 e. The lowest BCUT2D eigenvalue weighted by atomic mass is 10.2. The molecule has 0 aliphatic rings. The molecule has 0 spiro atoms. The van der Waals surface area contributed by atoms with Crippen LogP contribution in [-0.4, -0.2) is 13.0 Å². The van der Waals surface area contributed by atoms with E-state index >= 15 is 0 Å². The maximum atomic E-state index is 12.9. The number of nitrogens with one attached hydrogen (secondary N) is 1. The van der Waals surface area contributed by atoms with Gasteiger partial charge >= 0.3 is 0 Å². The summed E-state index contributed by atoms with van der Waals surface area (Å²) in [6.07, 6.45) is 0. The van der Waals surface area contributed by atoms with E-state index in [0.29, 0.717) is 17.0 Å². The molecule has 2 rings (SSSR count). The number of carbonyl (C=O) groups excluding carboxylic acids is 1. The molecule has 20 heavy (non-hydrogen) atoms. The Morgan fingerprint density at radius 3 is 2.70 bits per heavy atom. The lowest BCUT2D eigenvalue weighted by molar-refractivity contribution is 0.102. The summed E-state index contributed by atoms with van der Waals surface area (Å²) in [7, 11) is 1.48. The Hall–Kier alpha value is -1.59. The first-order valence-corrected chi connectivity index (χ1v) is 6.78. The van der Waals surface area contributed by atoms with Crippen molar-refractivity contribution in [3.8, 4) is 5.75 Å². The highest BCUT2D eigenvalue weighted by Gasteiger charge is 2.14. The van der Waals surface area contributed by atoms with E-state index in [0.717, 1.165) is 10.5 Å². The van der Waals surface area contributed by atoms with Gasteiger partial charge in [-0.05, 0) is 36.4 Å². The summed E-state index contributed by atoms with van der Waals surface area (Å²) >= 11 is 9.16. The lowest BCUT2D eigenvalue weighted by Crippen LogP contribution is -2.13. The number of anilines is 1. The minimum Gasteiger partial charge on any atom is -0.496 e. The zero-order valence-electron chi connectivity index (χ0n) is 10.4.